The van der Waals surface area contributed by atoms with Gasteiger partial charge in [0.15, 0.2) is 0 Å². The average Bonchev–Trinajstić information content (AvgIpc) is 2.26. The summed E-state index contributed by atoms with van der Waals surface area (Å²) in [5, 5.41) is 0.0355. The number of alkyl halides is 1. The first-order valence-corrected chi connectivity index (χ1v) is 7.04. The molecular formula is C14H18ClNS. The van der Waals surface area contributed by atoms with E-state index in [0.717, 1.165) is 17.2 Å². The third kappa shape index (κ3) is 6.54. The maximum Gasteiger partial charge on any atom is 0.0508 e. The van der Waals surface area contributed by atoms with Crippen LogP contribution in [0.5, 0.6) is 0 Å². The molecule has 3 heteroatoms. The summed E-state index contributed by atoms with van der Waals surface area (Å²) in [4.78, 5) is 5.78. The Kier molecular flexibility index (Phi) is 6.38. The van der Waals surface area contributed by atoms with E-state index in [0.29, 0.717) is 0 Å². The van der Waals surface area contributed by atoms with Crippen molar-refractivity contribution >= 4 is 29.1 Å². The van der Waals surface area contributed by atoms with Gasteiger partial charge < -0.3 is 0 Å². The quantitative estimate of drug-likeness (QED) is 0.425. The standard InChI is InChI=1S/C14H18ClNS/c1-11(15)9-12(2)16-13(3)10-17-14-7-5-4-6-8-14/h4-9,11H,10H2,1-3H3/b12-9-,16-13+. The monoisotopic (exact) mass is 267 g/mol. The number of benzene rings is 1. The van der Waals surface area contributed by atoms with Gasteiger partial charge in [0.2, 0.25) is 0 Å². The van der Waals surface area contributed by atoms with Crippen LogP contribution in [-0.4, -0.2) is 16.8 Å². The molecule has 0 aliphatic carbocycles. The molecule has 1 rings (SSSR count). The molecule has 0 aliphatic heterocycles. The van der Waals surface area contributed by atoms with Gasteiger partial charge in [-0.15, -0.1) is 23.4 Å². The first-order chi connectivity index (χ1) is 8.08. The van der Waals surface area contributed by atoms with E-state index in [1.165, 1.54) is 4.90 Å². The smallest absolute Gasteiger partial charge is 0.0508 e. The number of halogens is 1. The van der Waals surface area contributed by atoms with Crippen LogP contribution in [0.4, 0.5) is 0 Å². The summed E-state index contributed by atoms with van der Waals surface area (Å²) in [6, 6.07) is 10.4. The highest BCUT2D eigenvalue weighted by molar-refractivity contribution is 8.00. The van der Waals surface area contributed by atoms with Gasteiger partial charge in [0.25, 0.3) is 0 Å². The molecule has 0 heterocycles. The summed E-state index contributed by atoms with van der Waals surface area (Å²) < 4.78 is 0. The fraction of sp³-hybridized carbons (Fsp3) is 0.357. The third-order valence-corrected chi connectivity index (χ3v) is 3.32. The normalized spacial score (nSPS) is 14.8. The first kappa shape index (κ1) is 14.3. The molecule has 0 saturated heterocycles. The molecule has 1 aromatic rings. The summed E-state index contributed by atoms with van der Waals surface area (Å²) in [5.41, 5.74) is 2.10. The zero-order valence-corrected chi connectivity index (χ0v) is 12.1. The molecule has 92 valence electrons. The lowest BCUT2D eigenvalue weighted by molar-refractivity contribution is 1.16. The van der Waals surface area contributed by atoms with Gasteiger partial charge in [-0.2, -0.15) is 0 Å². The van der Waals surface area contributed by atoms with Crippen molar-refractivity contribution in [2.45, 2.75) is 31.0 Å². The van der Waals surface area contributed by atoms with E-state index in [1.807, 2.05) is 32.9 Å². The third-order valence-electron chi connectivity index (χ3n) is 2.03. The fourth-order valence-corrected chi connectivity index (χ4v) is 2.38. The van der Waals surface area contributed by atoms with Crippen molar-refractivity contribution in [3.8, 4) is 0 Å². The van der Waals surface area contributed by atoms with Crippen LogP contribution < -0.4 is 0 Å². The molecule has 0 aromatic heterocycles. The van der Waals surface area contributed by atoms with Gasteiger partial charge in [-0.1, -0.05) is 18.2 Å². The fourth-order valence-electron chi connectivity index (χ4n) is 1.41. The van der Waals surface area contributed by atoms with Gasteiger partial charge in [0.05, 0.1) is 5.38 Å². The van der Waals surface area contributed by atoms with Crippen molar-refractivity contribution in [3.05, 3.63) is 42.1 Å². The second-order valence-electron chi connectivity index (χ2n) is 3.93. The van der Waals surface area contributed by atoms with Crippen molar-refractivity contribution in [1.82, 2.24) is 0 Å². The minimum Gasteiger partial charge on any atom is -0.262 e. The second kappa shape index (κ2) is 7.57. The molecule has 0 aliphatic rings. The van der Waals surface area contributed by atoms with E-state index in [2.05, 4.69) is 29.3 Å². The van der Waals surface area contributed by atoms with Crippen LogP contribution in [0.25, 0.3) is 0 Å². The molecule has 0 fully saturated rings. The topological polar surface area (TPSA) is 12.4 Å². The Labute approximate surface area is 113 Å². The highest BCUT2D eigenvalue weighted by Gasteiger charge is 1.97. The Bertz CT molecular complexity index is 396. The molecule has 17 heavy (non-hydrogen) atoms. The molecule has 0 radical (unpaired) electrons. The second-order valence-corrected chi connectivity index (χ2v) is 5.67. The Morgan fingerprint density at radius 1 is 1.35 bits per heavy atom. The number of hydrogen-bond acceptors (Lipinski definition) is 2. The number of hydrogen-bond donors (Lipinski definition) is 0. The summed E-state index contributed by atoms with van der Waals surface area (Å²) in [7, 11) is 0. The summed E-state index contributed by atoms with van der Waals surface area (Å²) in [6.45, 7) is 5.97. The number of allylic oxidation sites excluding steroid dienone is 2. The lowest BCUT2D eigenvalue weighted by atomic mass is 10.3. The van der Waals surface area contributed by atoms with Crippen molar-refractivity contribution in [2.24, 2.45) is 4.99 Å². The molecule has 1 atom stereocenters. The largest absolute Gasteiger partial charge is 0.262 e. The van der Waals surface area contributed by atoms with E-state index in [4.69, 9.17) is 11.6 Å². The molecule has 0 spiro atoms. The van der Waals surface area contributed by atoms with Crippen LogP contribution in [0.15, 0.2) is 52.0 Å². The van der Waals surface area contributed by atoms with Crippen molar-refractivity contribution in [1.29, 1.82) is 0 Å². The predicted octanol–water partition coefficient (Wildman–Crippen LogP) is 4.77. The Hall–Kier alpha value is -0.730. The van der Waals surface area contributed by atoms with E-state index in [1.54, 1.807) is 11.8 Å². The average molecular weight is 268 g/mol. The van der Waals surface area contributed by atoms with E-state index < -0.39 is 0 Å². The van der Waals surface area contributed by atoms with Crippen molar-refractivity contribution in [2.75, 3.05) is 5.75 Å². The lowest BCUT2D eigenvalue weighted by Crippen LogP contribution is -1.96. The highest BCUT2D eigenvalue weighted by Crippen LogP contribution is 2.17. The van der Waals surface area contributed by atoms with Gasteiger partial charge in [-0.25, -0.2) is 0 Å². The van der Waals surface area contributed by atoms with E-state index in [9.17, 15) is 0 Å². The van der Waals surface area contributed by atoms with Crippen LogP contribution in [0.3, 0.4) is 0 Å². The summed E-state index contributed by atoms with van der Waals surface area (Å²) in [6.07, 6.45) is 1.96. The Morgan fingerprint density at radius 3 is 2.59 bits per heavy atom. The van der Waals surface area contributed by atoms with Gasteiger partial charge in [-0.05, 0) is 39.0 Å². The Morgan fingerprint density at radius 2 is 2.00 bits per heavy atom. The molecule has 1 unspecified atom stereocenters. The number of rotatable bonds is 5. The van der Waals surface area contributed by atoms with Gasteiger partial charge in [-0.3, -0.25) is 4.99 Å². The molecule has 1 nitrogen and oxygen atoms in total. The molecule has 0 bridgehead atoms. The van der Waals surface area contributed by atoms with Crippen LogP contribution in [-0.2, 0) is 0 Å². The molecular weight excluding hydrogens is 250 g/mol. The SMILES string of the molecule is CC(=C/C(C)Cl)/N=C(\C)CSc1ccccc1. The van der Waals surface area contributed by atoms with Gasteiger partial charge >= 0.3 is 0 Å². The van der Waals surface area contributed by atoms with E-state index in [-0.39, 0.29) is 5.38 Å². The zero-order chi connectivity index (χ0) is 12.7. The van der Waals surface area contributed by atoms with Gasteiger partial charge in [0.1, 0.15) is 0 Å². The number of thioether (sulfide) groups is 1. The van der Waals surface area contributed by atoms with Crippen molar-refractivity contribution < 1.29 is 0 Å². The minimum absolute atomic E-state index is 0.0355. The Balaban J connectivity index is 2.50. The van der Waals surface area contributed by atoms with Crippen LogP contribution in [0.1, 0.15) is 20.8 Å². The molecule has 0 amide bonds. The van der Waals surface area contributed by atoms with Gasteiger partial charge in [0, 0.05) is 22.1 Å². The maximum absolute atomic E-state index is 5.88. The number of nitrogens with zero attached hydrogens (tertiary/aromatic N) is 1. The van der Waals surface area contributed by atoms with Crippen molar-refractivity contribution in [3.63, 3.8) is 0 Å². The summed E-state index contributed by atoms with van der Waals surface area (Å²) in [5.74, 6) is 0.909. The number of aliphatic imine (C=N–C) groups is 1. The van der Waals surface area contributed by atoms with Crippen LogP contribution >= 0.6 is 23.4 Å². The summed E-state index contributed by atoms with van der Waals surface area (Å²) >= 11 is 7.68. The molecule has 1 aromatic carbocycles. The van der Waals surface area contributed by atoms with Crippen LogP contribution in [0.2, 0.25) is 0 Å². The zero-order valence-electron chi connectivity index (χ0n) is 10.5. The van der Waals surface area contributed by atoms with E-state index >= 15 is 0 Å². The maximum atomic E-state index is 5.88. The lowest BCUT2D eigenvalue weighted by Gasteiger charge is -2.02. The molecule has 0 saturated carbocycles. The minimum atomic E-state index is 0.0355. The van der Waals surface area contributed by atoms with Crippen LogP contribution in [0, 0.1) is 0 Å². The predicted molar refractivity (Wildman–Crippen MR) is 79.3 cm³/mol. The highest BCUT2D eigenvalue weighted by atomic mass is 35.5. The first-order valence-electron chi connectivity index (χ1n) is 5.62. The molecule has 0 N–H and O–H groups in total.